The Morgan fingerprint density at radius 1 is 1.25 bits per heavy atom. The minimum Gasteiger partial charge on any atom is -0.485 e. The first kappa shape index (κ1) is 12.6. The van der Waals surface area contributed by atoms with Crippen molar-refractivity contribution in [2.24, 2.45) is 0 Å². The molecule has 2 heterocycles. The predicted molar refractivity (Wildman–Crippen MR) is 71.6 cm³/mol. The molecule has 0 saturated heterocycles. The zero-order valence-corrected chi connectivity index (χ0v) is 11.0. The fraction of sp³-hybridized carbons (Fsp3) is 0.267. The van der Waals surface area contributed by atoms with Crippen LogP contribution in [0.1, 0.15) is 18.7 Å². The first-order valence-electron chi connectivity index (χ1n) is 6.46. The van der Waals surface area contributed by atoms with E-state index in [2.05, 4.69) is 5.32 Å². The monoisotopic (exact) mass is 273 g/mol. The number of hydrogen-bond donors (Lipinski definition) is 1. The van der Waals surface area contributed by atoms with E-state index in [0.29, 0.717) is 17.3 Å². The Morgan fingerprint density at radius 2 is 2.05 bits per heavy atom. The van der Waals surface area contributed by atoms with E-state index in [9.17, 15) is 4.79 Å². The number of furan rings is 1. The summed E-state index contributed by atoms with van der Waals surface area (Å²) in [5.74, 6) is 1.74. The topological polar surface area (TPSA) is 60.7 Å². The molecule has 1 amide bonds. The average molecular weight is 273 g/mol. The molecule has 0 spiro atoms. The summed E-state index contributed by atoms with van der Waals surface area (Å²) in [6.45, 7) is 2.06. The molecule has 5 heteroatoms. The predicted octanol–water partition coefficient (Wildman–Crippen LogP) is 2.30. The first-order valence-corrected chi connectivity index (χ1v) is 6.46. The summed E-state index contributed by atoms with van der Waals surface area (Å²) >= 11 is 0. The maximum absolute atomic E-state index is 12.2. The molecule has 0 radical (unpaired) electrons. The highest BCUT2D eigenvalue weighted by Gasteiger charge is 2.28. The third-order valence-electron chi connectivity index (χ3n) is 3.13. The number of rotatable bonds is 3. The molecule has 0 bridgehead atoms. The van der Waals surface area contributed by atoms with E-state index in [0.717, 1.165) is 0 Å². The molecule has 1 aromatic carbocycles. The zero-order chi connectivity index (χ0) is 13.9. The smallest absolute Gasteiger partial charge is 0.265 e. The number of carbonyl (C=O) groups excluding carboxylic acids is 1. The van der Waals surface area contributed by atoms with Gasteiger partial charge in [0, 0.05) is 0 Å². The summed E-state index contributed by atoms with van der Waals surface area (Å²) in [4.78, 5) is 12.2. The zero-order valence-electron chi connectivity index (χ0n) is 11.0. The summed E-state index contributed by atoms with van der Waals surface area (Å²) in [5.41, 5.74) is 0. The molecule has 1 aliphatic heterocycles. The maximum atomic E-state index is 12.2. The number of benzene rings is 1. The Kier molecular flexibility index (Phi) is 3.33. The lowest BCUT2D eigenvalue weighted by atomic mass is 10.2. The van der Waals surface area contributed by atoms with Gasteiger partial charge in [0.2, 0.25) is 6.10 Å². The van der Waals surface area contributed by atoms with Crippen LogP contribution in [0.25, 0.3) is 0 Å². The van der Waals surface area contributed by atoms with Gasteiger partial charge < -0.3 is 19.2 Å². The summed E-state index contributed by atoms with van der Waals surface area (Å²) in [6.07, 6.45) is 0.927. The molecule has 2 aromatic rings. The highest BCUT2D eigenvalue weighted by atomic mass is 16.6. The van der Waals surface area contributed by atoms with Crippen LogP contribution < -0.4 is 14.8 Å². The second kappa shape index (κ2) is 5.28. The van der Waals surface area contributed by atoms with Crippen LogP contribution in [0.15, 0.2) is 47.1 Å². The van der Waals surface area contributed by atoms with Crippen LogP contribution in [-0.2, 0) is 4.79 Å². The van der Waals surface area contributed by atoms with Crippen LogP contribution in [-0.4, -0.2) is 18.6 Å². The molecule has 2 atom stereocenters. The molecule has 0 fully saturated rings. The van der Waals surface area contributed by atoms with Crippen molar-refractivity contribution in [1.29, 1.82) is 0 Å². The first-order chi connectivity index (χ1) is 9.74. The number of carbonyl (C=O) groups is 1. The van der Waals surface area contributed by atoms with Gasteiger partial charge in [-0.05, 0) is 31.2 Å². The van der Waals surface area contributed by atoms with Crippen molar-refractivity contribution in [2.45, 2.75) is 19.1 Å². The van der Waals surface area contributed by atoms with Crippen LogP contribution in [0.3, 0.4) is 0 Å². The Hall–Kier alpha value is -2.43. The van der Waals surface area contributed by atoms with Crippen molar-refractivity contribution < 1.29 is 18.7 Å². The lowest BCUT2D eigenvalue weighted by Crippen LogP contribution is -2.44. The number of ether oxygens (including phenoxy) is 2. The van der Waals surface area contributed by atoms with Gasteiger partial charge in [-0.3, -0.25) is 4.79 Å². The highest BCUT2D eigenvalue weighted by molar-refractivity contribution is 5.82. The molecule has 1 aromatic heterocycles. The van der Waals surface area contributed by atoms with E-state index < -0.39 is 6.10 Å². The van der Waals surface area contributed by atoms with Gasteiger partial charge in [0.15, 0.2) is 11.5 Å². The third-order valence-corrected chi connectivity index (χ3v) is 3.13. The number of fused-ring (bicyclic) bond motifs is 1. The van der Waals surface area contributed by atoms with Gasteiger partial charge in [-0.2, -0.15) is 0 Å². The Morgan fingerprint density at radius 3 is 2.80 bits per heavy atom. The lowest BCUT2D eigenvalue weighted by molar-refractivity contribution is -0.131. The van der Waals surface area contributed by atoms with Gasteiger partial charge in [0.05, 0.1) is 12.3 Å². The van der Waals surface area contributed by atoms with Gasteiger partial charge in [-0.1, -0.05) is 12.1 Å². The van der Waals surface area contributed by atoms with Crippen LogP contribution in [0, 0.1) is 0 Å². The van der Waals surface area contributed by atoms with Crippen LogP contribution in [0.2, 0.25) is 0 Å². The normalized spacial score (nSPS) is 18.4. The van der Waals surface area contributed by atoms with E-state index in [1.807, 2.05) is 31.2 Å². The fourth-order valence-corrected chi connectivity index (χ4v) is 2.06. The fourth-order valence-electron chi connectivity index (χ4n) is 2.06. The van der Waals surface area contributed by atoms with E-state index in [4.69, 9.17) is 13.9 Å². The second-order valence-corrected chi connectivity index (χ2v) is 4.61. The van der Waals surface area contributed by atoms with Crippen LogP contribution in [0.5, 0.6) is 11.5 Å². The summed E-state index contributed by atoms with van der Waals surface area (Å²) < 4.78 is 16.4. The second-order valence-electron chi connectivity index (χ2n) is 4.61. The van der Waals surface area contributed by atoms with Gasteiger partial charge >= 0.3 is 0 Å². The van der Waals surface area contributed by atoms with Crippen molar-refractivity contribution in [3.63, 3.8) is 0 Å². The lowest BCUT2D eigenvalue weighted by Gasteiger charge is -2.26. The minimum atomic E-state index is -0.651. The van der Waals surface area contributed by atoms with E-state index in [1.54, 1.807) is 18.4 Å². The average Bonchev–Trinajstić information content (AvgIpc) is 3.01. The maximum Gasteiger partial charge on any atom is 0.265 e. The van der Waals surface area contributed by atoms with Crippen molar-refractivity contribution in [2.75, 3.05) is 6.61 Å². The van der Waals surface area contributed by atoms with E-state index >= 15 is 0 Å². The van der Waals surface area contributed by atoms with E-state index in [-0.39, 0.29) is 18.6 Å². The Labute approximate surface area is 116 Å². The van der Waals surface area contributed by atoms with E-state index in [1.165, 1.54) is 0 Å². The van der Waals surface area contributed by atoms with Gasteiger partial charge in [-0.15, -0.1) is 0 Å². The Bertz CT molecular complexity index is 594. The molecule has 1 aliphatic rings. The summed E-state index contributed by atoms with van der Waals surface area (Å²) in [7, 11) is 0. The summed E-state index contributed by atoms with van der Waals surface area (Å²) in [6, 6.07) is 10.7. The molecule has 0 unspecified atom stereocenters. The van der Waals surface area contributed by atoms with Crippen molar-refractivity contribution in [3.8, 4) is 11.5 Å². The van der Waals surface area contributed by atoms with Gasteiger partial charge in [-0.25, -0.2) is 0 Å². The molecule has 5 nitrogen and oxygen atoms in total. The molecule has 20 heavy (non-hydrogen) atoms. The number of para-hydroxylation sites is 2. The molecule has 0 aliphatic carbocycles. The number of amides is 1. The SMILES string of the molecule is C[C@H](NC(=O)[C@H]1COc2ccccc2O1)c1ccco1. The minimum absolute atomic E-state index is 0.202. The number of hydrogen-bond acceptors (Lipinski definition) is 4. The van der Waals surface area contributed by atoms with Crippen LogP contribution in [0.4, 0.5) is 0 Å². The van der Waals surface area contributed by atoms with Gasteiger partial charge in [0.25, 0.3) is 5.91 Å². The molecule has 1 N–H and O–H groups in total. The Balaban J connectivity index is 1.64. The molecule has 104 valence electrons. The molecular weight excluding hydrogens is 258 g/mol. The van der Waals surface area contributed by atoms with Crippen molar-refractivity contribution >= 4 is 5.91 Å². The summed E-state index contributed by atoms with van der Waals surface area (Å²) in [5, 5.41) is 2.85. The largest absolute Gasteiger partial charge is 0.485 e. The highest BCUT2D eigenvalue weighted by Crippen LogP contribution is 2.31. The number of nitrogens with one attached hydrogen (secondary N) is 1. The standard InChI is InChI=1S/C15H15NO4/c1-10(11-7-4-8-18-11)16-15(17)14-9-19-12-5-2-3-6-13(12)20-14/h2-8,10,14H,9H2,1H3,(H,16,17)/t10-,14+/m0/s1. The molecule has 0 saturated carbocycles. The van der Waals surface area contributed by atoms with Gasteiger partial charge in [0.1, 0.15) is 12.4 Å². The van der Waals surface area contributed by atoms with Crippen LogP contribution >= 0.6 is 0 Å². The molecule has 3 rings (SSSR count). The third kappa shape index (κ3) is 2.47. The molecular formula is C15H15NO4. The quantitative estimate of drug-likeness (QED) is 0.932. The van der Waals surface area contributed by atoms with Crippen molar-refractivity contribution in [3.05, 3.63) is 48.4 Å². The van der Waals surface area contributed by atoms with Crippen molar-refractivity contribution in [1.82, 2.24) is 5.32 Å².